The minimum Gasteiger partial charge on any atom is -0.493 e. The molecule has 8 nitrogen and oxygen atoms in total. The zero-order valence-corrected chi connectivity index (χ0v) is 23.3. The number of carbonyl (C=O) groups excluding carboxylic acids is 1. The van der Waals surface area contributed by atoms with E-state index in [1.165, 1.54) is 23.0 Å². The van der Waals surface area contributed by atoms with E-state index >= 15 is 0 Å². The fourth-order valence-electron chi connectivity index (χ4n) is 4.50. The highest BCUT2D eigenvalue weighted by Crippen LogP contribution is 2.36. The van der Waals surface area contributed by atoms with Crippen molar-refractivity contribution in [2.45, 2.75) is 19.9 Å². The molecule has 0 saturated heterocycles. The van der Waals surface area contributed by atoms with E-state index in [0.29, 0.717) is 48.6 Å². The molecule has 0 saturated carbocycles. The second-order valence-electron chi connectivity index (χ2n) is 8.60. The van der Waals surface area contributed by atoms with Crippen molar-refractivity contribution in [1.29, 1.82) is 0 Å². The summed E-state index contributed by atoms with van der Waals surface area (Å²) in [5.74, 6) is 1.53. The Hall–Kier alpha value is -4.08. The van der Waals surface area contributed by atoms with Crippen LogP contribution in [0.2, 0.25) is 5.02 Å². The quantitative estimate of drug-likeness (QED) is 0.301. The van der Waals surface area contributed by atoms with Crippen molar-refractivity contribution in [3.05, 3.63) is 102 Å². The van der Waals surface area contributed by atoms with Crippen molar-refractivity contribution in [3.63, 3.8) is 0 Å². The molecule has 0 bridgehead atoms. The zero-order chi connectivity index (χ0) is 27.7. The van der Waals surface area contributed by atoms with E-state index in [1.807, 2.05) is 18.2 Å². The van der Waals surface area contributed by atoms with E-state index in [1.54, 1.807) is 63.4 Å². The van der Waals surface area contributed by atoms with Gasteiger partial charge in [0, 0.05) is 11.6 Å². The molecule has 1 aliphatic heterocycles. The number of benzene rings is 2. The van der Waals surface area contributed by atoms with E-state index in [9.17, 15) is 9.59 Å². The van der Waals surface area contributed by atoms with Gasteiger partial charge in [0.15, 0.2) is 16.3 Å². The van der Waals surface area contributed by atoms with E-state index in [4.69, 9.17) is 30.2 Å². The summed E-state index contributed by atoms with van der Waals surface area (Å²) < 4.78 is 24.1. The number of fused-ring (bicyclic) bond motifs is 1. The standard InChI is InChI=1S/C29H25ClN2O6S/c1-5-37-28(34)25-16(2)31-29-32(26(25)17-10-12-22(35-3)23(14-17)36-4)27(33)24(39-29)15-18-11-13-21(38-18)19-8-6-7-9-20(19)30/h6-15,26H,5H2,1-4H3/b24-15+. The number of aromatic nitrogens is 1. The molecule has 1 atom stereocenters. The van der Waals surface area contributed by atoms with Crippen molar-refractivity contribution in [2.75, 3.05) is 20.8 Å². The molecule has 39 heavy (non-hydrogen) atoms. The van der Waals surface area contributed by atoms with Gasteiger partial charge in [-0.3, -0.25) is 9.36 Å². The van der Waals surface area contributed by atoms with Gasteiger partial charge < -0.3 is 18.6 Å². The van der Waals surface area contributed by atoms with E-state index < -0.39 is 12.0 Å². The van der Waals surface area contributed by atoms with Crippen LogP contribution in [0, 0.1) is 0 Å². The Morgan fingerprint density at radius 3 is 2.62 bits per heavy atom. The lowest BCUT2D eigenvalue weighted by Gasteiger charge is -2.25. The van der Waals surface area contributed by atoms with Gasteiger partial charge in [-0.25, -0.2) is 9.79 Å². The molecule has 10 heteroatoms. The molecule has 1 aliphatic rings. The number of esters is 1. The summed E-state index contributed by atoms with van der Waals surface area (Å²) in [7, 11) is 3.07. The highest BCUT2D eigenvalue weighted by Gasteiger charge is 2.34. The lowest BCUT2D eigenvalue weighted by molar-refractivity contribution is -0.139. The van der Waals surface area contributed by atoms with Crippen molar-refractivity contribution in [3.8, 4) is 22.8 Å². The second kappa shape index (κ2) is 11.0. The summed E-state index contributed by atoms with van der Waals surface area (Å²) in [6.45, 7) is 3.65. The van der Waals surface area contributed by atoms with Gasteiger partial charge in [0.1, 0.15) is 11.5 Å². The molecule has 0 amide bonds. The molecule has 2 aromatic heterocycles. The van der Waals surface area contributed by atoms with Gasteiger partial charge >= 0.3 is 5.97 Å². The zero-order valence-electron chi connectivity index (χ0n) is 21.7. The number of thiazole rings is 1. The first-order valence-corrected chi connectivity index (χ1v) is 13.3. The van der Waals surface area contributed by atoms with Crippen molar-refractivity contribution < 1.29 is 23.4 Å². The van der Waals surface area contributed by atoms with Crippen LogP contribution in [-0.4, -0.2) is 31.4 Å². The highest BCUT2D eigenvalue weighted by atomic mass is 35.5. The van der Waals surface area contributed by atoms with Crippen LogP contribution in [0.25, 0.3) is 17.4 Å². The number of furan rings is 1. The number of hydrogen-bond acceptors (Lipinski definition) is 8. The fourth-order valence-corrected chi connectivity index (χ4v) is 5.75. The highest BCUT2D eigenvalue weighted by molar-refractivity contribution is 7.07. The molecule has 0 fully saturated rings. The van der Waals surface area contributed by atoms with E-state index in [0.717, 1.165) is 5.56 Å². The number of methoxy groups -OCH3 is 2. The van der Waals surface area contributed by atoms with E-state index in [2.05, 4.69) is 4.99 Å². The predicted molar refractivity (Wildman–Crippen MR) is 149 cm³/mol. The van der Waals surface area contributed by atoms with Gasteiger partial charge in [-0.15, -0.1) is 0 Å². The summed E-state index contributed by atoms with van der Waals surface area (Å²) in [5, 5.41) is 0.565. The third-order valence-corrected chi connectivity index (χ3v) is 7.59. The summed E-state index contributed by atoms with van der Waals surface area (Å²) in [6, 6.07) is 15.5. The monoisotopic (exact) mass is 564 g/mol. The van der Waals surface area contributed by atoms with Crippen LogP contribution >= 0.6 is 22.9 Å². The molecule has 200 valence electrons. The molecule has 4 aromatic rings. The Kier molecular flexibility index (Phi) is 7.45. The molecule has 0 spiro atoms. The normalized spacial score (nSPS) is 15.1. The van der Waals surface area contributed by atoms with Crippen LogP contribution in [0.4, 0.5) is 0 Å². The summed E-state index contributed by atoms with van der Waals surface area (Å²) in [4.78, 5) is 32.0. The number of allylic oxidation sites excluding steroid dienone is 1. The molecule has 1 unspecified atom stereocenters. The van der Waals surface area contributed by atoms with Crippen LogP contribution in [0.3, 0.4) is 0 Å². The average Bonchev–Trinajstić information content (AvgIpc) is 3.52. The Balaban J connectivity index is 1.67. The Labute approximate surface area is 233 Å². The number of rotatable bonds is 7. The third-order valence-electron chi connectivity index (χ3n) is 6.28. The van der Waals surface area contributed by atoms with Crippen LogP contribution in [0.1, 0.15) is 31.2 Å². The van der Waals surface area contributed by atoms with Crippen LogP contribution in [0.5, 0.6) is 11.5 Å². The topological polar surface area (TPSA) is 92.3 Å². The fraction of sp³-hybridized carbons (Fsp3) is 0.207. The maximum absolute atomic E-state index is 13.8. The van der Waals surface area contributed by atoms with E-state index in [-0.39, 0.29) is 17.7 Å². The van der Waals surface area contributed by atoms with Crippen LogP contribution in [0.15, 0.2) is 80.1 Å². The van der Waals surface area contributed by atoms with Gasteiger partial charge in [0.2, 0.25) is 0 Å². The molecule has 3 heterocycles. The molecule has 0 radical (unpaired) electrons. The van der Waals surface area contributed by atoms with Crippen molar-refractivity contribution in [1.82, 2.24) is 4.57 Å². The SMILES string of the molecule is CCOC(=O)C1=C(C)N=c2s/c(=C/c3ccc(-c4ccccc4Cl)o3)c(=O)n2C1c1ccc(OC)c(OC)c1. The molecule has 0 N–H and O–H groups in total. The molecule has 5 rings (SSSR count). The number of hydrogen-bond donors (Lipinski definition) is 0. The predicted octanol–water partition coefficient (Wildman–Crippen LogP) is 4.73. The van der Waals surface area contributed by atoms with Crippen molar-refractivity contribution in [2.24, 2.45) is 4.99 Å². The minimum atomic E-state index is -0.780. The first-order valence-electron chi connectivity index (χ1n) is 12.1. The number of ether oxygens (including phenoxy) is 3. The van der Waals surface area contributed by atoms with Crippen LogP contribution < -0.4 is 24.4 Å². The maximum atomic E-state index is 13.8. The minimum absolute atomic E-state index is 0.185. The second-order valence-corrected chi connectivity index (χ2v) is 10.0. The first kappa shape index (κ1) is 26.5. The molecule has 2 aromatic carbocycles. The Morgan fingerprint density at radius 1 is 1.13 bits per heavy atom. The molecular formula is C29H25ClN2O6S. The first-order chi connectivity index (χ1) is 18.9. The summed E-state index contributed by atoms with van der Waals surface area (Å²) in [5.41, 5.74) is 1.84. The van der Waals surface area contributed by atoms with Gasteiger partial charge in [-0.2, -0.15) is 0 Å². The van der Waals surface area contributed by atoms with Gasteiger partial charge in [-0.1, -0.05) is 41.1 Å². The lowest BCUT2D eigenvalue weighted by Crippen LogP contribution is -2.39. The lowest BCUT2D eigenvalue weighted by atomic mass is 9.95. The molecule has 0 aliphatic carbocycles. The van der Waals surface area contributed by atoms with Gasteiger partial charge in [0.05, 0.1) is 47.7 Å². The molecular weight excluding hydrogens is 540 g/mol. The van der Waals surface area contributed by atoms with Gasteiger partial charge in [-0.05, 0) is 55.8 Å². The number of halogens is 1. The summed E-state index contributed by atoms with van der Waals surface area (Å²) >= 11 is 7.53. The number of carbonyl (C=O) groups is 1. The third kappa shape index (κ3) is 4.91. The van der Waals surface area contributed by atoms with Crippen LogP contribution in [-0.2, 0) is 9.53 Å². The van der Waals surface area contributed by atoms with Crippen molar-refractivity contribution >= 4 is 35.0 Å². The largest absolute Gasteiger partial charge is 0.493 e. The number of nitrogens with zero attached hydrogens (tertiary/aromatic N) is 2. The Morgan fingerprint density at radius 2 is 1.90 bits per heavy atom. The van der Waals surface area contributed by atoms with Gasteiger partial charge in [0.25, 0.3) is 5.56 Å². The maximum Gasteiger partial charge on any atom is 0.338 e. The Bertz CT molecular complexity index is 1780. The average molecular weight is 565 g/mol. The summed E-state index contributed by atoms with van der Waals surface area (Å²) in [6.07, 6.45) is 1.67. The smallest absolute Gasteiger partial charge is 0.338 e.